The molecule has 0 aromatic rings. The summed E-state index contributed by atoms with van der Waals surface area (Å²) in [6.07, 6.45) is -2.64. The van der Waals surface area contributed by atoms with Gasteiger partial charge in [0.2, 0.25) is 0 Å². The van der Waals surface area contributed by atoms with E-state index in [0.717, 1.165) is 13.0 Å². The Morgan fingerprint density at radius 2 is 1.94 bits per heavy atom. The molecule has 1 N–H and O–H groups in total. The molecule has 1 aliphatic rings. The molecule has 0 radical (unpaired) electrons. The third kappa shape index (κ3) is 4.32. The summed E-state index contributed by atoms with van der Waals surface area (Å²) in [7, 11) is 0. The number of rotatable bonds is 6. The zero-order chi connectivity index (χ0) is 12.4. The van der Waals surface area contributed by atoms with Crippen molar-refractivity contribution in [3.05, 3.63) is 0 Å². The Labute approximate surface area is 95.8 Å². The van der Waals surface area contributed by atoms with Crippen LogP contribution in [-0.4, -0.2) is 18.8 Å². The quantitative estimate of drug-likeness (QED) is 0.742. The molecule has 0 aliphatic heterocycles. The van der Waals surface area contributed by atoms with Crippen LogP contribution in [0.25, 0.3) is 0 Å². The monoisotopic (exact) mass is 237 g/mol. The summed E-state index contributed by atoms with van der Waals surface area (Å²) in [5, 5.41) is 3.32. The fourth-order valence-electron chi connectivity index (χ4n) is 2.42. The summed E-state index contributed by atoms with van der Waals surface area (Å²) in [6.45, 7) is 7.22. The van der Waals surface area contributed by atoms with E-state index in [2.05, 4.69) is 19.2 Å². The Balaban J connectivity index is 2.30. The predicted octanol–water partition coefficient (Wildman–Crippen LogP) is 3.74. The molecular weight excluding hydrogens is 215 g/mol. The Morgan fingerprint density at radius 1 is 1.38 bits per heavy atom. The van der Waals surface area contributed by atoms with E-state index in [1.165, 1.54) is 0 Å². The summed E-state index contributed by atoms with van der Waals surface area (Å²) < 4.78 is 36.1. The van der Waals surface area contributed by atoms with Gasteiger partial charge in [-0.15, -0.1) is 0 Å². The molecule has 0 bridgehead atoms. The molecule has 2 atom stereocenters. The van der Waals surface area contributed by atoms with Gasteiger partial charge in [0, 0.05) is 12.5 Å². The Kier molecular flexibility index (Phi) is 4.27. The minimum absolute atomic E-state index is 0.244. The van der Waals surface area contributed by atoms with Crippen molar-refractivity contribution in [2.45, 2.75) is 58.7 Å². The van der Waals surface area contributed by atoms with Gasteiger partial charge in [0.05, 0.1) is 0 Å². The zero-order valence-corrected chi connectivity index (χ0v) is 10.3. The lowest BCUT2D eigenvalue weighted by Gasteiger charge is -2.20. The first-order valence-corrected chi connectivity index (χ1v) is 6.06. The molecule has 4 heteroatoms. The van der Waals surface area contributed by atoms with Gasteiger partial charge in [-0.2, -0.15) is 13.2 Å². The van der Waals surface area contributed by atoms with Gasteiger partial charge < -0.3 is 5.32 Å². The van der Waals surface area contributed by atoms with E-state index in [0.29, 0.717) is 17.8 Å². The van der Waals surface area contributed by atoms with Crippen LogP contribution < -0.4 is 5.32 Å². The van der Waals surface area contributed by atoms with E-state index in [1.807, 2.05) is 6.92 Å². The molecule has 1 fully saturated rings. The van der Waals surface area contributed by atoms with Gasteiger partial charge in [-0.3, -0.25) is 0 Å². The molecule has 2 unspecified atom stereocenters. The third-order valence-corrected chi connectivity index (χ3v) is 3.52. The minimum atomic E-state index is -4.00. The van der Waals surface area contributed by atoms with Crippen LogP contribution in [0.2, 0.25) is 0 Å². The average Bonchev–Trinajstić information content (AvgIpc) is 2.71. The summed E-state index contributed by atoms with van der Waals surface area (Å²) in [6, 6.07) is 0.266. The number of nitrogens with one attached hydrogen (secondary N) is 1. The summed E-state index contributed by atoms with van der Waals surface area (Å²) in [5.74, 6) is 0.556. The molecule has 1 saturated carbocycles. The molecule has 96 valence electrons. The molecule has 0 saturated heterocycles. The first-order valence-electron chi connectivity index (χ1n) is 6.06. The van der Waals surface area contributed by atoms with Crippen LogP contribution in [0.15, 0.2) is 0 Å². The van der Waals surface area contributed by atoms with Gasteiger partial charge >= 0.3 is 6.18 Å². The van der Waals surface area contributed by atoms with Crippen molar-refractivity contribution in [2.75, 3.05) is 6.54 Å². The maximum Gasteiger partial charge on any atom is 0.389 e. The fraction of sp³-hybridized carbons (Fsp3) is 1.00. The Bertz CT molecular complexity index is 223. The van der Waals surface area contributed by atoms with Gasteiger partial charge in [0.15, 0.2) is 0 Å². The highest BCUT2D eigenvalue weighted by Crippen LogP contribution is 2.54. The highest BCUT2D eigenvalue weighted by atomic mass is 19.4. The van der Waals surface area contributed by atoms with Crippen LogP contribution in [-0.2, 0) is 0 Å². The van der Waals surface area contributed by atoms with Gasteiger partial charge in [-0.25, -0.2) is 0 Å². The first kappa shape index (κ1) is 13.8. The van der Waals surface area contributed by atoms with E-state index in [4.69, 9.17) is 0 Å². The Morgan fingerprint density at radius 3 is 2.31 bits per heavy atom. The number of hydrogen-bond donors (Lipinski definition) is 1. The molecule has 0 amide bonds. The van der Waals surface area contributed by atoms with Gasteiger partial charge in [-0.05, 0) is 37.1 Å². The van der Waals surface area contributed by atoms with Crippen LogP contribution in [0, 0.1) is 11.3 Å². The number of alkyl halides is 3. The second kappa shape index (κ2) is 4.94. The second-order valence-electron chi connectivity index (χ2n) is 5.47. The topological polar surface area (TPSA) is 12.0 Å². The molecule has 0 heterocycles. The zero-order valence-electron chi connectivity index (χ0n) is 10.3. The van der Waals surface area contributed by atoms with Crippen molar-refractivity contribution in [3.8, 4) is 0 Å². The van der Waals surface area contributed by atoms with Crippen molar-refractivity contribution in [1.29, 1.82) is 0 Å². The molecule has 1 nitrogen and oxygen atoms in total. The van der Waals surface area contributed by atoms with E-state index in [-0.39, 0.29) is 12.5 Å². The standard InChI is InChI=1S/C12H22F3N/c1-4-16-10(9-8-11(9,2)3)6-5-7-12(13,14)15/h9-10,16H,4-8H2,1-3H3. The smallest absolute Gasteiger partial charge is 0.314 e. The molecule has 16 heavy (non-hydrogen) atoms. The van der Waals surface area contributed by atoms with E-state index in [1.54, 1.807) is 0 Å². The van der Waals surface area contributed by atoms with Crippen molar-refractivity contribution in [2.24, 2.45) is 11.3 Å². The van der Waals surface area contributed by atoms with Crippen LogP contribution in [0.3, 0.4) is 0 Å². The molecule has 1 rings (SSSR count). The average molecular weight is 237 g/mol. The van der Waals surface area contributed by atoms with Crippen LogP contribution in [0.5, 0.6) is 0 Å². The van der Waals surface area contributed by atoms with Gasteiger partial charge in [0.1, 0.15) is 0 Å². The van der Waals surface area contributed by atoms with Crippen molar-refractivity contribution in [1.82, 2.24) is 5.32 Å². The van der Waals surface area contributed by atoms with Crippen molar-refractivity contribution < 1.29 is 13.2 Å². The molecule has 0 aromatic carbocycles. The maximum absolute atomic E-state index is 12.0. The van der Waals surface area contributed by atoms with Crippen molar-refractivity contribution in [3.63, 3.8) is 0 Å². The Hall–Kier alpha value is -0.250. The summed E-state index contributed by atoms with van der Waals surface area (Å²) >= 11 is 0. The summed E-state index contributed by atoms with van der Waals surface area (Å²) in [5.41, 5.74) is 0.324. The lowest BCUT2D eigenvalue weighted by Crippen LogP contribution is -2.32. The van der Waals surface area contributed by atoms with Gasteiger partial charge in [0.25, 0.3) is 0 Å². The predicted molar refractivity (Wildman–Crippen MR) is 59.3 cm³/mol. The largest absolute Gasteiger partial charge is 0.389 e. The van der Waals surface area contributed by atoms with Crippen LogP contribution >= 0.6 is 0 Å². The normalized spacial score (nSPS) is 25.5. The van der Waals surface area contributed by atoms with Gasteiger partial charge in [-0.1, -0.05) is 20.8 Å². The lowest BCUT2D eigenvalue weighted by atomic mass is 9.99. The lowest BCUT2D eigenvalue weighted by molar-refractivity contribution is -0.135. The highest BCUT2D eigenvalue weighted by molar-refractivity contribution is 5.01. The summed E-state index contributed by atoms with van der Waals surface area (Å²) in [4.78, 5) is 0. The second-order valence-corrected chi connectivity index (χ2v) is 5.47. The maximum atomic E-state index is 12.0. The minimum Gasteiger partial charge on any atom is -0.314 e. The highest BCUT2D eigenvalue weighted by Gasteiger charge is 2.49. The van der Waals surface area contributed by atoms with E-state index in [9.17, 15) is 13.2 Å². The number of hydrogen-bond acceptors (Lipinski definition) is 1. The molecule has 0 aromatic heterocycles. The fourth-order valence-corrected chi connectivity index (χ4v) is 2.42. The first-order chi connectivity index (χ1) is 7.26. The number of halogens is 3. The molecule has 0 spiro atoms. The third-order valence-electron chi connectivity index (χ3n) is 3.52. The molecular formula is C12H22F3N. The van der Waals surface area contributed by atoms with Crippen LogP contribution in [0.1, 0.15) is 46.5 Å². The van der Waals surface area contributed by atoms with E-state index < -0.39 is 12.6 Å². The van der Waals surface area contributed by atoms with Crippen molar-refractivity contribution >= 4 is 0 Å². The van der Waals surface area contributed by atoms with Crippen LogP contribution in [0.4, 0.5) is 13.2 Å². The SMILES string of the molecule is CCNC(CCCC(F)(F)F)C1CC1(C)C. The van der Waals surface area contributed by atoms with E-state index >= 15 is 0 Å². The molecule has 1 aliphatic carbocycles.